The van der Waals surface area contributed by atoms with Gasteiger partial charge in [0.25, 0.3) is 0 Å². The summed E-state index contributed by atoms with van der Waals surface area (Å²) in [5, 5.41) is 19.3. The van der Waals surface area contributed by atoms with Crippen LogP contribution in [0.1, 0.15) is 25.0 Å². The lowest BCUT2D eigenvalue weighted by molar-refractivity contribution is -0.153. The van der Waals surface area contributed by atoms with Crippen LogP contribution in [0.4, 0.5) is 13.2 Å². The Morgan fingerprint density at radius 3 is 2.42 bits per heavy atom. The molecule has 1 heterocycles. The number of halogens is 3. The van der Waals surface area contributed by atoms with Gasteiger partial charge in [-0.3, -0.25) is 0 Å². The van der Waals surface area contributed by atoms with Gasteiger partial charge in [-0.15, -0.1) is 0 Å². The lowest BCUT2D eigenvalue weighted by Gasteiger charge is -2.17. The molecule has 0 radical (unpaired) electrons. The number of nitrogens with zero attached hydrogens (tertiary/aromatic N) is 1. The second-order valence-corrected chi connectivity index (χ2v) is 7.02. The van der Waals surface area contributed by atoms with E-state index < -0.39 is 29.9 Å². The average Bonchev–Trinajstić information content (AvgIpc) is 2.70. The molecular weight excluding hydrogens is 419 g/mol. The number of ether oxygens (including phenoxy) is 3. The molecule has 7 nitrogen and oxygen atoms in total. The maximum absolute atomic E-state index is 12.5. The summed E-state index contributed by atoms with van der Waals surface area (Å²) in [4.78, 5) is 14.9. The van der Waals surface area contributed by atoms with Crippen LogP contribution in [0.15, 0.2) is 42.6 Å². The van der Waals surface area contributed by atoms with Crippen LogP contribution in [0.2, 0.25) is 0 Å². The number of carbonyl (C=O) groups is 1. The topological polar surface area (TPSA) is 98.1 Å². The number of hydrogen-bond acceptors (Lipinski definition) is 6. The molecule has 0 fully saturated rings. The number of benzene rings is 1. The lowest BCUT2D eigenvalue weighted by atomic mass is 10.1. The summed E-state index contributed by atoms with van der Waals surface area (Å²) < 4.78 is 53.6. The van der Waals surface area contributed by atoms with Crippen LogP contribution in [0, 0.1) is 0 Å². The summed E-state index contributed by atoms with van der Waals surface area (Å²) in [7, 11) is 0. The van der Waals surface area contributed by atoms with Gasteiger partial charge in [0.05, 0.1) is 11.7 Å². The predicted octanol–water partition coefficient (Wildman–Crippen LogP) is 3.34. The van der Waals surface area contributed by atoms with Crippen LogP contribution in [-0.2, 0) is 22.1 Å². The Morgan fingerprint density at radius 2 is 1.84 bits per heavy atom. The Balaban J connectivity index is 1.84. The summed E-state index contributed by atoms with van der Waals surface area (Å²) in [5.41, 5.74) is -0.210. The number of pyridine rings is 1. The number of hydrogen-bond donors (Lipinski definition) is 2. The highest BCUT2D eigenvalue weighted by Gasteiger charge is 2.30. The van der Waals surface area contributed by atoms with E-state index in [0.717, 1.165) is 12.1 Å². The van der Waals surface area contributed by atoms with E-state index in [-0.39, 0.29) is 31.6 Å². The molecule has 0 saturated heterocycles. The van der Waals surface area contributed by atoms with Gasteiger partial charge >= 0.3 is 12.1 Å². The van der Waals surface area contributed by atoms with Crippen LogP contribution < -0.4 is 9.47 Å². The lowest BCUT2D eigenvalue weighted by Crippen LogP contribution is -2.29. The second kappa shape index (κ2) is 11.0. The van der Waals surface area contributed by atoms with Gasteiger partial charge in [-0.25, -0.2) is 9.78 Å². The zero-order valence-electron chi connectivity index (χ0n) is 17.0. The second-order valence-electron chi connectivity index (χ2n) is 7.02. The van der Waals surface area contributed by atoms with Crippen LogP contribution in [0.3, 0.4) is 0 Å². The molecule has 170 valence electrons. The number of carboxylic acids is 1. The molecule has 0 bridgehead atoms. The van der Waals surface area contributed by atoms with E-state index in [4.69, 9.17) is 14.2 Å². The first kappa shape index (κ1) is 24.4. The quantitative estimate of drug-likeness (QED) is 0.550. The van der Waals surface area contributed by atoms with Crippen LogP contribution in [0.5, 0.6) is 11.6 Å². The van der Waals surface area contributed by atoms with E-state index >= 15 is 0 Å². The molecule has 0 aliphatic heterocycles. The zero-order valence-corrected chi connectivity index (χ0v) is 17.0. The molecule has 0 spiro atoms. The number of rotatable bonds is 11. The van der Waals surface area contributed by atoms with E-state index in [1.54, 1.807) is 38.1 Å². The van der Waals surface area contributed by atoms with Crippen molar-refractivity contribution in [3.63, 3.8) is 0 Å². The first-order valence-corrected chi connectivity index (χ1v) is 9.48. The largest absolute Gasteiger partial charge is 0.491 e. The van der Waals surface area contributed by atoms with Crippen molar-refractivity contribution in [3.8, 4) is 11.6 Å². The molecule has 0 aliphatic carbocycles. The Morgan fingerprint density at radius 1 is 1.13 bits per heavy atom. The monoisotopic (exact) mass is 443 g/mol. The van der Waals surface area contributed by atoms with Crippen LogP contribution in [-0.4, -0.2) is 52.7 Å². The van der Waals surface area contributed by atoms with Gasteiger partial charge in [0, 0.05) is 18.7 Å². The highest BCUT2D eigenvalue weighted by Crippen LogP contribution is 2.29. The Hall–Kier alpha value is -2.85. The van der Waals surface area contributed by atoms with E-state index in [2.05, 4.69) is 4.98 Å². The van der Waals surface area contributed by atoms with E-state index in [1.807, 2.05) is 0 Å². The maximum Gasteiger partial charge on any atom is 0.417 e. The molecule has 1 aromatic heterocycles. The highest BCUT2D eigenvalue weighted by molar-refractivity contribution is 5.72. The van der Waals surface area contributed by atoms with Crippen molar-refractivity contribution in [2.75, 3.05) is 13.2 Å². The van der Waals surface area contributed by atoms with Gasteiger partial charge in [-0.2, -0.15) is 13.2 Å². The molecule has 2 N–H and O–H groups in total. The maximum atomic E-state index is 12.5. The van der Waals surface area contributed by atoms with Crippen LogP contribution >= 0.6 is 0 Å². The molecular formula is C21H24F3NO6. The van der Waals surface area contributed by atoms with Crippen molar-refractivity contribution in [2.24, 2.45) is 0 Å². The number of aliphatic carboxylic acids is 1. The van der Waals surface area contributed by atoms with E-state index in [9.17, 15) is 28.2 Å². The standard InChI is InChI=1S/C21H24F3NO6/c1-13(2)31-18(20(27)28)9-14-4-3-5-17(8-14)29-11-16(26)12-30-19-7-6-15(10-25-19)21(22,23)24/h3-8,10,13,16,18,26H,9,11-12H2,1-2H3,(H,27,28). The minimum absolute atomic E-state index is 0.0566. The number of carboxylic acid groups (broad SMARTS) is 1. The summed E-state index contributed by atoms with van der Waals surface area (Å²) in [6.07, 6.45) is -5.99. The average molecular weight is 443 g/mol. The van der Waals surface area contributed by atoms with Crippen LogP contribution in [0.25, 0.3) is 0 Å². The normalized spacial score (nSPS) is 13.6. The van der Waals surface area contributed by atoms with Gasteiger partial charge in [0.1, 0.15) is 25.1 Å². The molecule has 10 heteroatoms. The van der Waals surface area contributed by atoms with Gasteiger partial charge in [0.15, 0.2) is 6.10 Å². The highest BCUT2D eigenvalue weighted by atomic mass is 19.4. The van der Waals surface area contributed by atoms with Crippen molar-refractivity contribution in [2.45, 2.75) is 44.8 Å². The molecule has 0 amide bonds. The fourth-order valence-electron chi connectivity index (χ4n) is 2.55. The van der Waals surface area contributed by atoms with Crippen molar-refractivity contribution < 1.29 is 42.4 Å². The van der Waals surface area contributed by atoms with Gasteiger partial charge in [-0.05, 0) is 37.6 Å². The van der Waals surface area contributed by atoms with Gasteiger partial charge in [-0.1, -0.05) is 12.1 Å². The first-order chi connectivity index (χ1) is 14.5. The molecule has 1 aromatic carbocycles. The predicted molar refractivity (Wildman–Crippen MR) is 104 cm³/mol. The van der Waals surface area contributed by atoms with Crippen molar-refractivity contribution in [3.05, 3.63) is 53.7 Å². The summed E-state index contributed by atoms with van der Waals surface area (Å²) in [6.45, 7) is 3.12. The van der Waals surface area contributed by atoms with Crippen molar-refractivity contribution in [1.82, 2.24) is 4.98 Å². The summed E-state index contributed by atoms with van der Waals surface area (Å²) in [5.74, 6) is -0.707. The van der Waals surface area contributed by atoms with Gasteiger partial charge < -0.3 is 24.4 Å². The number of aliphatic hydroxyl groups is 1. The Labute approximate surface area is 177 Å². The number of aromatic nitrogens is 1. The van der Waals surface area contributed by atoms with Gasteiger partial charge in [0.2, 0.25) is 5.88 Å². The molecule has 0 saturated carbocycles. The third-order valence-corrected chi connectivity index (χ3v) is 3.96. The smallest absolute Gasteiger partial charge is 0.417 e. The Kier molecular flexibility index (Phi) is 8.64. The summed E-state index contributed by atoms with van der Waals surface area (Å²) >= 11 is 0. The number of aliphatic hydroxyl groups excluding tert-OH is 1. The minimum atomic E-state index is -4.49. The molecule has 0 aliphatic rings. The number of alkyl halides is 3. The Bertz CT molecular complexity index is 842. The third kappa shape index (κ3) is 8.42. The van der Waals surface area contributed by atoms with E-state index in [0.29, 0.717) is 17.5 Å². The van der Waals surface area contributed by atoms with Crippen molar-refractivity contribution >= 4 is 5.97 Å². The molecule has 2 rings (SSSR count). The zero-order chi connectivity index (χ0) is 23.0. The molecule has 2 atom stereocenters. The van der Waals surface area contributed by atoms with Crippen molar-refractivity contribution in [1.29, 1.82) is 0 Å². The first-order valence-electron chi connectivity index (χ1n) is 9.48. The SMILES string of the molecule is CC(C)OC(Cc1cccc(OCC(O)COc2ccc(C(F)(F)F)cn2)c1)C(=O)O. The fraction of sp³-hybridized carbons (Fsp3) is 0.429. The third-order valence-electron chi connectivity index (χ3n) is 3.96. The fourth-order valence-corrected chi connectivity index (χ4v) is 2.55. The summed E-state index contributed by atoms with van der Waals surface area (Å²) in [6, 6.07) is 8.62. The minimum Gasteiger partial charge on any atom is -0.491 e. The molecule has 2 unspecified atom stereocenters. The molecule has 31 heavy (non-hydrogen) atoms. The molecule has 2 aromatic rings. The van der Waals surface area contributed by atoms with E-state index in [1.165, 1.54) is 0 Å².